The van der Waals surface area contributed by atoms with Crippen LogP contribution in [0, 0.1) is 5.92 Å². The normalized spacial score (nSPS) is 12.2. The summed E-state index contributed by atoms with van der Waals surface area (Å²) in [7, 11) is 0. The van der Waals surface area contributed by atoms with E-state index in [4.69, 9.17) is 16.3 Å². The first-order valence-electron chi connectivity index (χ1n) is 6.45. The van der Waals surface area contributed by atoms with Crippen LogP contribution < -0.4 is 0 Å². The molecule has 0 saturated heterocycles. The van der Waals surface area contributed by atoms with E-state index in [0.29, 0.717) is 23.1 Å². The quantitative estimate of drug-likeness (QED) is 0.700. The maximum atomic E-state index is 11.8. The molecular formula is C14H20ClNO2. The van der Waals surface area contributed by atoms with Crippen molar-refractivity contribution in [1.29, 1.82) is 0 Å². The molecule has 1 heterocycles. The number of pyridine rings is 1. The van der Waals surface area contributed by atoms with Crippen LogP contribution in [0.2, 0.25) is 5.02 Å². The molecule has 0 aliphatic rings. The SMILES string of the molecule is CCCCC(CC)COC(=O)c1cnccc1Cl. The van der Waals surface area contributed by atoms with Crippen LogP contribution in [0.25, 0.3) is 0 Å². The maximum Gasteiger partial charge on any atom is 0.341 e. The molecule has 1 atom stereocenters. The maximum absolute atomic E-state index is 11.8. The molecule has 0 aliphatic heterocycles. The Morgan fingerprint density at radius 2 is 2.28 bits per heavy atom. The van der Waals surface area contributed by atoms with E-state index in [1.54, 1.807) is 12.3 Å². The minimum atomic E-state index is -0.386. The first-order chi connectivity index (χ1) is 8.69. The highest BCUT2D eigenvalue weighted by Crippen LogP contribution is 2.17. The van der Waals surface area contributed by atoms with E-state index in [9.17, 15) is 4.79 Å². The van der Waals surface area contributed by atoms with E-state index in [-0.39, 0.29) is 5.97 Å². The number of hydrogen-bond donors (Lipinski definition) is 0. The number of halogens is 1. The van der Waals surface area contributed by atoms with Gasteiger partial charge in [-0.2, -0.15) is 0 Å². The standard InChI is InChI=1S/C14H20ClNO2/c1-3-5-6-11(4-2)10-18-14(17)12-9-16-8-7-13(12)15/h7-9,11H,3-6,10H2,1-2H3. The second-order valence-corrected chi connectivity index (χ2v) is 4.78. The molecule has 0 radical (unpaired) electrons. The summed E-state index contributed by atoms with van der Waals surface area (Å²) in [5.74, 6) is 0.0485. The molecular weight excluding hydrogens is 250 g/mol. The van der Waals surface area contributed by atoms with Crippen molar-refractivity contribution in [2.75, 3.05) is 6.61 Å². The Morgan fingerprint density at radius 3 is 2.89 bits per heavy atom. The fourth-order valence-corrected chi connectivity index (χ4v) is 1.88. The summed E-state index contributed by atoms with van der Waals surface area (Å²) >= 11 is 5.91. The number of hydrogen-bond acceptors (Lipinski definition) is 3. The van der Waals surface area contributed by atoms with Crippen LogP contribution in [0.3, 0.4) is 0 Å². The Bertz CT molecular complexity index is 382. The average Bonchev–Trinajstić information content (AvgIpc) is 2.39. The molecule has 0 N–H and O–H groups in total. The zero-order valence-corrected chi connectivity index (χ0v) is 11.7. The molecule has 0 amide bonds. The lowest BCUT2D eigenvalue weighted by Gasteiger charge is -2.14. The van der Waals surface area contributed by atoms with Crippen LogP contribution in [0.15, 0.2) is 18.5 Å². The van der Waals surface area contributed by atoms with Crippen LogP contribution in [0.5, 0.6) is 0 Å². The number of carbonyl (C=O) groups excluding carboxylic acids is 1. The van der Waals surface area contributed by atoms with E-state index < -0.39 is 0 Å². The number of aromatic nitrogens is 1. The van der Waals surface area contributed by atoms with Crippen molar-refractivity contribution in [3.05, 3.63) is 29.0 Å². The second-order valence-electron chi connectivity index (χ2n) is 4.37. The van der Waals surface area contributed by atoms with E-state index in [2.05, 4.69) is 18.8 Å². The number of esters is 1. The van der Waals surface area contributed by atoms with Gasteiger partial charge < -0.3 is 4.74 Å². The molecule has 18 heavy (non-hydrogen) atoms. The van der Waals surface area contributed by atoms with Gasteiger partial charge in [0, 0.05) is 12.4 Å². The van der Waals surface area contributed by atoms with Gasteiger partial charge in [0.15, 0.2) is 0 Å². The monoisotopic (exact) mass is 269 g/mol. The Balaban J connectivity index is 2.47. The van der Waals surface area contributed by atoms with Crippen LogP contribution in [0.1, 0.15) is 49.9 Å². The predicted molar refractivity (Wildman–Crippen MR) is 72.8 cm³/mol. The average molecular weight is 270 g/mol. The van der Waals surface area contributed by atoms with E-state index >= 15 is 0 Å². The zero-order valence-electron chi connectivity index (χ0n) is 11.0. The van der Waals surface area contributed by atoms with Gasteiger partial charge in [0.25, 0.3) is 0 Å². The lowest BCUT2D eigenvalue weighted by molar-refractivity contribution is 0.0428. The lowest BCUT2D eigenvalue weighted by atomic mass is 10.0. The van der Waals surface area contributed by atoms with Crippen molar-refractivity contribution in [2.45, 2.75) is 39.5 Å². The topological polar surface area (TPSA) is 39.2 Å². The number of ether oxygens (including phenoxy) is 1. The van der Waals surface area contributed by atoms with Gasteiger partial charge in [-0.25, -0.2) is 4.79 Å². The van der Waals surface area contributed by atoms with E-state index in [1.807, 2.05) is 0 Å². The van der Waals surface area contributed by atoms with Crippen molar-refractivity contribution in [1.82, 2.24) is 4.98 Å². The third-order valence-corrected chi connectivity index (χ3v) is 3.31. The third kappa shape index (κ3) is 4.65. The van der Waals surface area contributed by atoms with Crippen LogP contribution in [-0.4, -0.2) is 17.6 Å². The summed E-state index contributed by atoms with van der Waals surface area (Å²) in [6.45, 7) is 4.74. The van der Waals surface area contributed by atoms with Gasteiger partial charge >= 0.3 is 5.97 Å². The highest BCUT2D eigenvalue weighted by atomic mass is 35.5. The molecule has 1 unspecified atom stereocenters. The first kappa shape index (κ1) is 15.0. The van der Waals surface area contributed by atoms with Gasteiger partial charge in [-0.1, -0.05) is 44.7 Å². The van der Waals surface area contributed by atoms with Gasteiger partial charge in [0.05, 0.1) is 17.2 Å². The van der Waals surface area contributed by atoms with E-state index in [1.165, 1.54) is 19.0 Å². The highest BCUT2D eigenvalue weighted by Gasteiger charge is 2.14. The Kier molecular flexibility index (Phi) is 6.73. The third-order valence-electron chi connectivity index (χ3n) is 2.98. The molecule has 1 rings (SSSR count). The zero-order chi connectivity index (χ0) is 13.4. The van der Waals surface area contributed by atoms with Crippen molar-refractivity contribution in [3.63, 3.8) is 0 Å². The summed E-state index contributed by atoms with van der Waals surface area (Å²) in [4.78, 5) is 15.7. The number of unbranched alkanes of at least 4 members (excludes halogenated alkanes) is 1. The minimum absolute atomic E-state index is 0.338. The molecule has 1 aromatic rings. The molecule has 0 saturated carbocycles. The Hall–Kier alpha value is -1.09. The molecule has 1 aromatic heterocycles. The van der Waals surface area contributed by atoms with Gasteiger partial charge in [0.2, 0.25) is 0 Å². The Labute approximate surface area is 114 Å². The molecule has 4 heteroatoms. The summed E-state index contributed by atoms with van der Waals surface area (Å²) < 4.78 is 5.30. The van der Waals surface area contributed by atoms with Crippen LogP contribution >= 0.6 is 11.6 Å². The molecule has 3 nitrogen and oxygen atoms in total. The van der Waals surface area contributed by atoms with Gasteiger partial charge in [-0.15, -0.1) is 0 Å². The van der Waals surface area contributed by atoms with Gasteiger partial charge in [-0.05, 0) is 18.4 Å². The van der Waals surface area contributed by atoms with Crippen molar-refractivity contribution < 1.29 is 9.53 Å². The molecule has 0 aromatic carbocycles. The number of nitrogens with zero attached hydrogens (tertiary/aromatic N) is 1. The largest absolute Gasteiger partial charge is 0.462 e. The minimum Gasteiger partial charge on any atom is -0.462 e. The molecule has 0 fully saturated rings. The smallest absolute Gasteiger partial charge is 0.341 e. The highest BCUT2D eigenvalue weighted by molar-refractivity contribution is 6.33. The summed E-state index contributed by atoms with van der Waals surface area (Å²) in [5, 5.41) is 0.386. The fraction of sp³-hybridized carbons (Fsp3) is 0.571. The van der Waals surface area contributed by atoms with Gasteiger partial charge in [-0.3, -0.25) is 4.98 Å². The predicted octanol–water partition coefficient (Wildman–Crippen LogP) is 4.11. The van der Waals surface area contributed by atoms with E-state index in [0.717, 1.165) is 12.8 Å². The molecule has 100 valence electrons. The molecule has 0 aliphatic carbocycles. The van der Waals surface area contributed by atoms with Gasteiger partial charge in [0.1, 0.15) is 0 Å². The molecule has 0 spiro atoms. The Morgan fingerprint density at radius 1 is 1.50 bits per heavy atom. The van der Waals surface area contributed by atoms with Crippen LogP contribution in [0.4, 0.5) is 0 Å². The molecule has 0 bridgehead atoms. The van der Waals surface area contributed by atoms with Crippen molar-refractivity contribution >= 4 is 17.6 Å². The second kappa shape index (κ2) is 8.09. The van der Waals surface area contributed by atoms with Crippen LogP contribution in [-0.2, 0) is 4.74 Å². The first-order valence-corrected chi connectivity index (χ1v) is 6.83. The lowest BCUT2D eigenvalue weighted by Crippen LogP contribution is -2.14. The number of rotatable bonds is 7. The van der Waals surface area contributed by atoms with Crippen molar-refractivity contribution in [3.8, 4) is 0 Å². The number of carbonyl (C=O) groups is 1. The summed E-state index contributed by atoms with van der Waals surface area (Å²) in [6, 6.07) is 1.59. The fourth-order valence-electron chi connectivity index (χ4n) is 1.70. The van der Waals surface area contributed by atoms with Crippen molar-refractivity contribution in [2.24, 2.45) is 5.92 Å². The summed E-state index contributed by atoms with van der Waals surface area (Å²) in [6.07, 6.45) is 7.45. The summed E-state index contributed by atoms with van der Waals surface area (Å²) in [5.41, 5.74) is 0.338.